The second-order valence-electron chi connectivity index (χ2n) is 15.9. The van der Waals surface area contributed by atoms with Gasteiger partial charge in [-0.2, -0.15) is 5.10 Å². The molecule has 2 aliphatic carbocycles. The average molecular weight is 719 g/mol. The third-order valence-corrected chi connectivity index (χ3v) is 11.9. The molecule has 53 heavy (non-hydrogen) atoms. The minimum Gasteiger partial charge on any atom is -0.455 e. The number of likely N-dealkylation sites (tertiary alicyclic amines) is 1. The summed E-state index contributed by atoms with van der Waals surface area (Å²) in [5, 5.41) is 11.9. The quantitative estimate of drug-likeness (QED) is 0.119. The summed E-state index contributed by atoms with van der Waals surface area (Å²) in [4.78, 5) is 36.9. The number of rotatable bonds is 13. The number of carbonyl (C=O) groups is 2. The number of nitrogen functional groups attached to an aromatic ring is 1. The molecule has 4 N–H and O–H groups in total. The molecule has 0 spiro atoms. The number of aromatic nitrogens is 4. The summed E-state index contributed by atoms with van der Waals surface area (Å²) in [7, 11) is 0. The van der Waals surface area contributed by atoms with Gasteiger partial charge in [-0.25, -0.2) is 14.6 Å². The lowest BCUT2D eigenvalue weighted by Gasteiger charge is -2.48. The number of ether oxygens (including phenoxy) is 1. The fraction of sp³-hybridized carbons (Fsp3) is 0.500. The fourth-order valence-electron chi connectivity index (χ4n) is 9.36. The highest BCUT2D eigenvalue weighted by Gasteiger charge is 2.41. The lowest BCUT2D eigenvalue weighted by atomic mass is 9.57. The highest BCUT2D eigenvalue weighted by Crippen LogP contribution is 2.53. The van der Waals surface area contributed by atoms with Crippen molar-refractivity contribution in [2.24, 2.45) is 23.2 Å². The number of para-hydroxylation sites is 1. The summed E-state index contributed by atoms with van der Waals surface area (Å²) in [6.45, 7) is 11.4. The molecule has 4 atom stereocenters. The molecule has 2 bridgehead atoms. The Hall–Kier alpha value is -4.77. The molecule has 1 saturated heterocycles. The van der Waals surface area contributed by atoms with Gasteiger partial charge in [0.1, 0.15) is 23.6 Å². The normalized spacial score (nSPS) is 22.6. The Bertz CT molecular complexity index is 1920. The summed E-state index contributed by atoms with van der Waals surface area (Å²) in [5.74, 6) is 3.08. The molecule has 4 aromatic rings. The number of nitrogens with zero attached hydrogens (tertiary/aromatic N) is 5. The molecule has 7 rings (SSSR count). The van der Waals surface area contributed by atoms with Crippen molar-refractivity contribution >= 4 is 34.4 Å². The Morgan fingerprint density at radius 2 is 1.92 bits per heavy atom. The summed E-state index contributed by atoms with van der Waals surface area (Å²) in [6, 6.07) is 15.1. The van der Waals surface area contributed by atoms with Crippen molar-refractivity contribution < 1.29 is 14.3 Å². The third kappa shape index (κ3) is 8.40. The highest BCUT2D eigenvalue weighted by atomic mass is 16.5. The molecule has 2 amide bonds. The topological polar surface area (TPSA) is 140 Å². The van der Waals surface area contributed by atoms with E-state index in [-0.39, 0.29) is 23.8 Å². The smallest absolute Gasteiger partial charge is 0.247 e. The number of benzene rings is 2. The van der Waals surface area contributed by atoms with Crippen LogP contribution in [0.3, 0.4) is 0 Å². The first-order chi connectivity index (χ1) is 25.7. The van der Waals surface area contributed by atoms with Crippen molar-refractivity contribution in [3.63, 3.8) is 0 Å². The van der Waals surface area contributed by atoms with Gasteiger partial charge in [-0.3, -0.25) is 9.59 Å². The summed E-state index contributed by atoms with van der Waals surface area (Å²) < 4.78 is 8.11. The maximum absolute atomic E-state index is 13.1. The molecule has 3 aliphatic rings. The molecule has 2 aromatic carbocycles. The van der Waals surface area contributed by atoms with Crippen LogP contribution >= 0.6 is 0 Å². The standard InChI is InChI=1S/C42H54N8O3/c1-4-36(51)47-34-24-31(12-13-35(34)53-33-10-6-5-7-11-33)38-37-39(43)45-27-46-40(37)50(48-38)32-15-20-49(21-16-32)22-19-44-41(52)29(3)14-18-42-17-8-9-30(26-42)23-28(2)25-42/h4-7,10-13,24,27-30,32H,1,8-9,14-23,25-26H2,2-3H3,(H,44,52)(H,47,51)(H2,43,45,46)/t28?,29-,30?,42?/m0/s1. The average Bonchev–Trinajstić information content (AvgIpc) is 3.56. The molecule has 1 aliphatic heterocycles. The maximum atomic E-state index is 13.1. The van der Waals surface area contributed by atoms with E-state index in [4.69, 9.17) is 15.6 Å². The SMILES string of the molecule is C=CC(=O)Nc1cc(-c2nn(C3CCN(CCNC(=O)[C@@H](C)CCC45CCCC(CC(C)C4)C5)CC3)c3ncnc(N)c23)ccc1Oc1ccccc1. The van der Waals surface area contributed by atoms with E-state index in [1.54, 1.807) is 0 Å². The van der Waals surface area contributed by atoms with Gasteiger partial charge in [0, 0.05) is 37.7 Å². The minimum atomic E-state index is -0.356. The first-order valence-corrected chi connectivity index (χ1v) is 19.5. The lowest BCUT2D eigenvalue weighted by Crippen LogP contribution is -2.41. The van der Waals surface area contributed by atoms with Crippen molar-refractivity contribution in [1.29, 1.82) is 0 Å². The van der Waals surface area contributed by atoms with Crippen LogP contribution in [0, 0.1) is 23.2 Å². The predicted octanol–water partition coefficient (Wildman–Crippen LogP) is 7.77. The Labute approximate surface area is 312 Å². The Morgan fingerprint density at radius 1 is 1.11 bits per heavy atom. The number of amides is 2. The van der Waals surface area contributed by atoms with Gasteiger partial charge in [0.15, 0.2) is 11.4 Å². The second kappa shape index (κ2) is 16.1. The van der Waals surface area contributed by atoms with E-state index >= 15 is 0 Å². The zero-order valence-corrected chi connectivity index (χ0v) is 31.2. The number of hydrogen-bond acceptors (Lipinski definition) is 8. The van der Waals surface area contributed by atoms with Gasteiger partial charge in [-0.1, -0.05) is 51.5 Å². The number of anilines is 2. The fourth-order valence-corrected chi connectivity index (χ4v) is 9.36. The van der Waals surface area contributed by atoms with Gasteiger partial charge in [-0.05, 0) is 105 Å². The summed E-state index contributed by atoms with van der Waals surface area (Å²) in [5.41, 5.74) is 9.48. The molecule has 2 saturated carbocycles. The zero-order valence-electron chi connectivity index (χ0n) is 31.2. The van der Waals surface area contributed by atoms with Crippen LogP contribution in [-0.2, 0) is 9.59 Å². The monoisotopic (exact) mass is 718 g/mol. The Morgan fingerprint density at radius 3 is 2.72 bits per heavy atom. The number of carbonyl (C=O) groups excluding carboxylic acids is 2. The zero-order chi connectivity index (χ0) is 37.0. The molecule has 3 unspecified atom stereocenters. The number of nitrogens with two attached hydrogens (primary N) is 1. The number of nitrogens with one attached hydrogen (secondary N) is 2. The van der Waals surface area contributed by atoms with E-state index < -0.39 is 0 Å². The first-order valence-electron chi connectivity index (χ1n) is 19.5. The molecule has 280 valence electrons. The summed E-state index contributed by atoms with van der Waals surface area (Å²) >= 11 is 0. The van der Waals surface area contributed by atoms with Crippen LogP contribution in [0.5, 0.6) is 11.5 Å². The van der Waals surface area contributed by atoms with Crippen LogP contribution in [0.2, 0.25) is 0 Å². The third-order valence-electron chi connectivity index (χ3n) is 11.9. The Balaban J connectivity index is 0.975. The van der Waals surface area contributed by atoms with Gasteiger partial charge < -0.3 is 26.0 Å². The van der Waals surface area contributed by atoms with Crippen LogP contribution in [0.1, 0.15) is 84.1 Å². The van der Waals surface area contributed by atoms with E-state index in [1.165, 1.54) is 57.3 Å². The van der Waals surface area contributed by atoms with E-state index in [1.807, 2.05) is 53.2 Å². The van der Waals surface area contributed by atoms with Crippen LogP contribution in [0.15, 0.2) is 67.5 Å². The van der Waals surface area contributed by atoms with Gasteiger partial charge in [0.05, 0.1) is 17.1 Å². The number of hydrogen-bond donors (Lipinski definition) is 3. The van der Waals surface area contributed by atoms with Crippen molar-refractivity contribution in [3.8, 4) is 22.8 Å². The predicted molar refractivity (Wildman–Crippen MR) is 209 cm³/mol. The van der Waals surface area contributed by atoms with Crippen LogP contribution in [-0.4, -0.2) is 62.6 Å². The van der Waals surface area contributed by atoms with Gasteiger partial charge in [-0.15, -0.1) is 0 Å². The molecule has 11 heteroatoms. The number of piperidine rings is 1. The van der Waals surface area contributed by atoms with E-state index in [0.717, 1.165) is 56.3 Å². The van der Waals surface area contributed by atoms with Crippen molar-refractivity contribution in [2.45, 2.75) is 84.1 Å². The minimum absolute atomic E-state index is 0.0476. The molecular formula is C42H54N8O3. The van der Waals surface area contributed by atoms with Crippen LogP contribution in [0.4, 0.5) is 11.5 Å². The largest absolute Gasteiger partial charge is 0.455 e. The summed E-state index contributed by atoms with van der Waals surface area (Å²) in [6.07, 6.45) is 14.9. The van der Waals surface area contributed by atoms with E-state index in [9.17, 15) is 9.59 Å². The van der Waals surface area contributed by atoms with Gasteiger partial charge in [0.2, 0.25) is 11.8 Å². The second-order valence-corrected chi connectivity index (χ2v) is 15.9. The Kier molecular flexibility index (Phi) is 11.1. The van der Waals surface area contributed by atoms with Crippen LogP contribution in [0.25, 0.3) is 22.3 Å². The van der Waals surface area contributed by atoms with E-state index in [2.05, 4.69) is 45.9 Å². The van der Waals surface area contributed by atoms with Crippen molar-refractivity contribution in [3.05, 3.63) is 67.5 Å². The van der Waals surface area contributed by atoms with Gasteiger partial charge >= 0.3 is 0 Å². The van der Waals surface area contributed by atoms with Crippen molar-refractivity contribution in [2.75, 3.05) is 37.2 Å². The molecule has 3 fully saturated rings. The molecule has 3 heterocycles. The maximum Gasteiger partial charge on any atom is 0.247 e. The van der Waals surface area contributed by atoms with E-state index in [0.29, 0.717) is 51.7 Å². The van der Waals surface area contributed by atoms with Crippen LogP contribution < -0.4 is 21.1 Å². The first kappa shape index (κ1) is 36.6. The van der Waals surface area contributed by atoms with Gasteiger partial charge in [0.25, 0.3) is 0 Å². The molecular weight excluding hydrogens is 665 g/mol. The highest BCUT2D eigenvalue weighted by molar-refractivity contribution is 6.02. The molecule has 0 radical (unpaired) electrons. The number of fused-ring (bicyclic) bond motifs is 3. The molecule has 11 nitrogen and oxygen atoms in total. The lowest BCUT2D eigenvalue weighted by molar-refractivity contribution is -0.125. The molecule has 2 aromatic heterocycles. The van der Waals surface area contributed by atoms with Crippen molar-refractivity contribution in [1.82, 2.24) is 30.0 Å².